The molecule has 0 atom stereocenters. The maximum Gasteiger partial charge on any atom is 0.234 e. The first-order valence-electron chi connectivity index (χ1n) is 8.33. The van der Waals surface area contributed by atoms with Gasteiger partial charge in [-0.15, -0.1) is 11.3 Å². The molecule has 0 saturated carbocycles. The van der Waals surface area contributed by atoms with Crippen LogP contribution in [-0.2, 0) is 27.2 Å². The van der Waals surface area contributed by atoms with Gasteiger partial charge in [0, 0.05) is 31.5 Å². The van der Waals surface area contributed by atoms with E-state index in [1.165, 1.54) is 16.2 Å². The van der Waals surface area contributed by atoms with Gasteiger partial charge in [-0.05, 0) is 31.9 Å². The fourth-order valence-corrected chi connectivity index (χ4v) is 4.02. The maximum atomic E-state index is 12.2. The zero-order valence-corrected chi connectivity index (χ0v) is 15.5. The summed E-state index contributed by atoms with van der Waals surface area (Å²) in [6.07, 6.45) is 3.27. The van der Waals surface area contributed by atoms with Gasteiger partial charge in [0.05, 0.1) is 18.7 Å². The molecule has 136 valence electrons. The Morgan fingerprint density at radius 2 is 2.16 bits per heavy atom. The van der Waals surface area contributed by atoms with Crippen LogP contribution in [0.5, 0.6) is 0 Å². The molecule has 1 aromatic rings. The molecule has 2 amide bonds. The van der Waals surface area contributed by atoms with E-state index in [0.717, 1.165) is 24.8 Å². The smallest absolute Gasteiger partial charge is 0.234 e. The van der Waals surface area contributed by atoms with Crippen molar-refractivity contribution in [1.29, 1.82) is 5.26 Å². The van der Waals surface area contributed by atoms with E-state index in [-0.39, 0.29) is 24.8 Å². The minimum Gasteiger partial charge on any atom is -0.383 e. The maximum absolute atomic E-state index is 12.2. The lowest BCUT2D eigenvalue weighted by Gasteiger charge is -2.15. The third-order valence-corrected chi connectivity index (χ3v) is 5.26. The van der Waals surface area contributed by atoms with E-state index >= 15 is 0 Å². The van der Waals surface area contributed by atoms with E-state index in [9.17, 15) is 14.9 Å². The van der Waals surface area contributed by atoms with Gasteiger partial charge in [-0.3, -0.25) is 14.5 Å². The van der Waals surface area contributed by atoms with Gasteiger partial charge in [0.1, 0.15) is 11.1 Å². The molecule has 2 rings (SSSR count). The van der Waals surface area contributed by atoms with Crippen LogP contribution in [0.15, 0.2) is 0 Å². The predicted octanol–water partition coefficient (Wildman–Crippen LogP) is 1.13. The molecule has 1 heterocycles. The van der Waals surface area contributed by atoms with Crippen molar-refractivity contribution in [2.45, 2.75) is 25.7 Å². The Morgan fingerprint density at radius 3 is 2.88 bits per heavy atom. The van der Waals surface area contributed by atoms with Crippen molar-refractivity contribution in [2.75, 3.05) is 45.7 Å². The third kappa shape index (κ3) is 5.53. The topological polar surface area (TPSA) is 94.5 Å². The number of rotatable bonds is 9. The number of fused-ring (bicyclic) bond motifs is 1. The van der Waals surface area contributed by atoms with Gasteiger partial charge in [-0.25, -0.2) is 0 Å². The number of nitrogens with zero attached hydrogens (tertiary/aromatic N) is 2. The quantitative estimate of drug-likeness (QED) is 0.641. The highest BCUT2D eigenvalue weighted by molar-refractivity contribution is 7.16. The van der Waals surface area contributed by atoms with Gasteiger partial charge in [-0.1, -0.05) is 0 Å². The molecule has 0 aromatic carbocycles. The number of nitriles is 1. The number of nitrogens with one attached hydrogen (secondary N) is 2. The van der Waals surface area contributed by atoms with E-state index in [4.69, 9.17) is 4.74 Å². The summed E-state index contributed by atoms with van der Waals surface area (Å²) in [6, 6.07) is 2.22. The Balaban J connectivity index is 1.76. The standard InChI is InChI=1S/C17H24N4O3S/c1-21(11-16(23)19-7-9-24-2)8-6-15(22)20-17-13(10-18)12-4-3-5-14(12)25-17/h3-9,11H2,1-2H3,(H,19,23)(H,20,22). The number of carbonyl (C=O) groups is 2. The zero-order valence-electron chi connectivity index (χ0n) is 14.7. The van der Waals surface area contributed by atoms with E-state index in [2.05, 4.69) is 16.7 Å². The molecule has 2 N–H and O–H groups in total. The lowest BCUT2D eigenvalue weighted by molar-refractivity contribution is -0.123. The number of ether oxygens (including phenoxy) is 1. The van der Waals surface area contributed by atoms with Crippen molar-refractivity contribution in [2.24, 2.45) is 0 Å². The van der Waals surface area contributed by atoms with Gasteiger partial charge in [0.15, 0.2) is 0 Å². The van der Waals surface area contributed by atoms with Gasteiger partial charge in [0.2, 0.25) is 11.8 Å². The molecule has 0 saturated heterocycles. The molecule has 0 spiro atoms. The van der Waals surface area contributed by atoms with Crippen LogP contribution < -0.4 is 10.6 Å². The second-order valence-electron chi connectivity index (χ2n) is 6.05. The SMILES string of the molecule is COCCNC(=O)CN(C)CCC(=O)Nc1sc2c(c1C#N)CCC2. The van der Waals surface area contributed by atoms with Gasteiger partial charge in [0.25, 0.3) is 0 Å². The molecule has 8 heteroatoms. The Bertz CT molecular complexity index is 666. The van der Waals surface area contributed by atoms with Crippen molar-refractivity contribution in [1.82, 2.24) is 10.2 Å². The van der Waals surface area contributed by atoms with Gasteiger partial charge < -0.3 is 15.4 Å². The first kappa shape index (κ1) is 19.4. The molecule has 25 heavy (non-hydrogen) atoms. The summed E-state index contributed by atoms with van der Waals surface area (Å²) in [5.74, 6) is -0.232. The number of likely N-dealkylation sites (N-methyl/N-ethyl adjacent to an activating group) is 1. The van der Waals surface area contributed by atoms with Crippen LogP contribution in [0.25, 0.3) is 0 Å². The molecule has 7 nitrogen and oxygen atoms in total. The monoisotopic (exact) mass is 364 g/mol. The van der Waals surface area contributed by atoms with Crippen molar-refractivity contribution in [3.8, 4) is 6.07 Å². The lowest BCUT2D eigenvalue weighted by Crippen LogP contribution is -2.37. The highest BCUT2D eigenvalue weighted by Crippen LogP contribution is 2.38. The first-order valence-corrected chi connectivity index (χ1v) is 9.15. The van der Waals surface area contributed by atoms with E-state index in [1.807, 2.05) is 0 Å². The van der Waals surface area contributed by atoms with Crippen LogP contribution in [0, 0.1) is 11.3 Å². The average Bonchev–Trinajstić information content (AvgIpc) is 3.13. The number of amides is 2. The fraction of sp³-hybridized carbons (Fsp3) is 0.588. The minimum atomic E-state index is -0.136. The average molecular weight is 364 g/mol. The van der Waals surface area contributed by atoms with Gasteiger partial charge in [-0.2, -0.15) is 5.26 Å². The summed E-state index contributed by atoms with van der Waals surface area (Å²) in [4.78, 5) is 26.8. The number of thiophene rings is 1. The molecular weight excluding hydrogens is 340 g/mol. The predicted molar refractivity (Wildman–Crippen MR) is 96.7 cm³/mol. The molecule has 0 unspecified atom stereocenters. The third-order valence-electron chi connectivity index (χ3n) is 4.05. The molecule has 1 aliphatic carbocycles. The molecule has 0 radical (unpaired) electrons. The summed E-state index contributed by atoms with van der Waals surface area (Å²) in [7, 11) is 3.38. The van der Waals surface area contributed by atoms with Crippen molar-refractivity contribution in [3.05, 3.63) is 16.0 Å². The number of aryl methyl sites for hydroxylation is 1. The van der Waals surface area contributed by atoms with E-state index in [1.54, 1.807) is 19.1 Å². The first-order chi connectivity index (χ1) is 12.0. The summed E-state index contributed by atoms with van der Waals surface area (Å²) in [5, 5.41) is 15.6. The highest BCUT2D eigenvalue weighted by Gasteiger charge is 2.23. The van der Waals surface area contributed by atoms with Crippen LogP contribution >= 0.6 is 11.3 Å². The highest BCUT2D eigenvalue weighted by atomic mass is 32.1. The van der Waals surface area contributed by atoms with Crippen LogP contribution in [0.1, 0.15) is 28.8 Å². The van der Waals surface area contributed by atoms with Crippen LogP contribution in [0.4, 0.5) is 5.00 Å². The second-order valence-corrected chi connectivity index (χ2v) is 7.16. The molecule has 1 aliphatic rings. The van der Waals surface area contributed by atoms with Crippen LogP contribution in [0.2, 0.25) is 0 Å². The minimum absolute atomic E-state index is 0.0959. The summed E-state index contributed by atoms with van der Waals surface area (Å²) >= 11 is 1.51. The Kier molecular flexibility index (Phi) is 7.37. The molecule has 0 fully saturated rings. The van der Waals surface area contributed by atoms with Crippen LogP contribution in [0.3, 0.4) is 0 Å². The molecular formula is C17H24N4O3S. The van der Waals surface area contributed by atoms with Crippen LogP contribution in [-0.4, -0.2) is 57.1 Å². The summed E-state index contributed by atoms with van der Waals surface area (Å²) in [5.41, 5.74) is 1.73. The van der Waals surface area contributed by atoms with E-state index < -0.39 is 0 Å². The number of methoxy groups -OCH3 is 1. The largest absolute Gasteiger partial charge is 0.383 e. The van der Waals surface area contributed by atoms with E-state index in [0.29, 0.717) is 30.3 Å². The molecule has 0 aliphatic heterocycles. The molecule has 0 bridgehead atoms. The number of carbonyl (C=O) groups excluding carboxylic acids is 2. The number of anilines is 1. The number of hydrogen-bond acceptors (Lipinski definition) is 6. The lowest BCUT2D eigenvalue weighted by atomic mass is 10.1. The summed E-state index contributed by atoms with van der Waals surface area (Å²) < 4.78 is 4.87. The Hall–Kier alpha value is -1.95. The fourth-order valence-electron chi connectivity index (χ4n) is 2.76. The Morgan fingerprint density at radius 1 is 1.36 bits per heavy atom. The van der Waals surface area contributed by atoms with Crippen molar-refractivity contribution < 1.29 is 14.3 Å². The van der Waals surface area contributed by atoms with Gasteiger partial charge >= 0.3 is 0 Å². The number of hydrogen-bond donors (Lipinski definition) is 2. The normalized spacial score (nSPS) is 12.7. The second kappa shape index (κ2) is 9.51. The summed E-state index contributed by atoms with van der Waals surface area (Å²) in [6.45, 7) is 1.65. The Labute approximate surface area is 151 Å². The zero-order chi connectivity index (χ0) is 18.2. The molecule has 1 aromatic heterocycles. The van der Waals surface area contributed by atoms with Crippen molar-refractivity contribution in [3.63, 3.8) is 0 Å². The van der Waals surface area contributed by atoms with Crippen molar-refractivity contribution >= 4 is 28.2 Å².